The molecule has 0 aliphatic heterocycles. The molecule has 4 aromatic carbocycles. The second-order valence-corrected chi connectivity index (χ2v) is 8.78. The van der Waals surface area contributed by atoms with Crippen LogP contribution in [0.2, 0.25) is 0 Å². The van der Waals surface area contributed by atoms with Gasteiger partial charge >= 0.3 is 17.9 Å². The summed E-state index contributed by atoms with van der Waals surface area (Å²) in [5, 5.41) is 22.4. The van der Waals surface area contributed by atoms with Gasteiger partial charge in [-0.05, 0) is 91.0 Å². The molecular weight excluding hydrogens is 647 g/mol. The molecule has 0 fully saturated rings. The molecule has 9 N–H and O–H groups in total. The quantitative estimate of drug-likeness (QED) is 0.0637. The molecule has 0 saturated heterocycles. The first kappa shape index (κ1) is 37.6. The normalized spacial score (nSPS) is 9.60. The number of hydrogen-bond acceptors (Lipinski definition) is 9. The van der Waals surface area contributed by atoms with Crippen LogP contribution in [-0.2, 0) is 0 Å². The zero-order valence-electron chi connectivity index (χ0n) is 23.1. The van der Waals surface area contributed by atoms with Crippen molar-refractivity contribution in [3.05, 3.63) is 124 Å². The molecule has 0 radical (unpaired) electrons. The van der Waals surface area contributed by atoms with Crippen LogP contribution in [0.25, 0.3) is 0 Å². The third kappa shape index (κ3) is 9.79. The Hall–Kier alpha value is -5.43. The fourth-order valence-electron chi connectivity index (χ4n) is 3.59. The van der Waals surface area contributed by atoms with Crippen LogP contribution in [0.1, 0.15) is 47.8 Å². The van der Waals surface area contributed by atoms with E-state index in [1.54, 1.807) is 0 Å². The number of esters is 3. The van der Waals surface area contributed by atoms with Crippen LogP contribution < -0.4 is 31.4 Å². The average Bonchev–Trinajstić information content (AvgIpc) is 2.97. The van der Waals surface area contributed by atoms with Crippen LogP contribution in [0.5, 0.6) is 17.2 Å². The number of carbonyl (C=O) groups excluding carboxylic acids is 3. The lowest BCUT2D eigenvalue weighted by atomic mass is 10.1. The van der Waals surface area contributed by atoms with Gasteiger partial charge in [0.1, 0.15) is 34.8 Å². The number of rotatable bonds is 9. The van der Waals surface area contributed by atoms with Crippen molar-refractivity contribution in [1.29, 1.82) is 16.2 Å². The number of nitrogens with one attached hydrogen (secondary N) is 3. The zero-order valence-corrected chi connectivity index (χ0v) is 25.5. The van der Waals surface area contributed by atoms with Crippen LogP contribution >= 0.6 is 37.2 Å². The highest BCUT2D eigenvalue weighted by Crippen LogP contribution is 2.21. The van der Waals surface area contributed by atoms with E-state index in [0.29, 0.717) is 16.7 Å². The summed E-state index contributed by atoms with van der Waals surface area (Å²) < 4.78 is 16.2. The Kier molecular flexibility index (Phi) is 13.7. The van der Waals surface area contributed by atoms with Crippen molar-refractivity contribution < 1.29 is 28.6 Å². The second-order valence-electron chi connectivity index (χ2n) is 8.78. The van der Waals surface area contributed by atoms with Crippen molar-refractivity contribution in [2.45, 2.75) is 0 Å². The van der Waals surface area contributed by atoms with Crippen molar-refractivity contribution in [2.24, 2.45) is 17.2 Å². The van der Waals surface area contributed by atoms with Crippen molar-refractivity contribution in [3.8, 4) is 17.2 Å². The molecule has 15 heteroatoms. The molecule has 4 aromatic rings. The first-order valence-corrected chi connectivity index (χ1v) is 12.1. The van der Waals surface area contributed by atoms with Crippen LogP contribution in [-0.4, -0.2) is 35.4 Å². The molecule has 12 nitrogen and oxygen atoms in total. The summed E-state index contributed by atoms with van der Waals surface area (Å²) in [6.07, 6.45) is 0. The SMILES string of the molecule is Cl.Cl.Cl.N=C(N)c1ccc(OC(=O)c2cc(C(=O)Oc3ccc(C(=N)N)cc3)cc(C(=O)Oc3ccc(C(=N)N)cc3)c2)cc1. The number of amidine groups is 3. The number of ether oxygens (including phenoxy) is 3. The Bertz CT molecular complexity index is 1520. The third-order valence-corrected chi connectivity index (χ3v) is 5.77. The van der Waals surface area contributed by atoms with Crippen molar-refractivity contribution in [2.75, 3.05) is 0 Å². The second kappa shape index (κ2) is 16.4. The molecule has 0 bridgehead atoms. The highest BCUT2D eigenvalue weighted by molar-refractivity contribution is 6.02. The molecule has 0 atom stereocenters. The third-order valence-electron chi connectivity index (χ3n) is 5.77. The zero-order chi connectivity index (χ0) is 30.4. The van der Waals surface area contributed by atoms with Gasteiger partial charge in [0.15, 0.2) is 0 Å². The summed E-state index contributed by atoms with van der Waals surface area (Å²) in [6, 6.07) is 21.2. The van der Waals surface area contributed by atoms with Crippen LogP contribution in [0.3, 0.4) is 0 Å². The largest absolute Gasteiger partial charge is 0.423 e. The lowest BCUT2D eigenvalue weighted by Gasteiger charge is -2.11. The molecule has 0 unspecified atom stereocenters. The standard InChI is InChI=1S/C30H24N6O6.3ClH/c31-25(32)16-1-7-22(8-2-16)40-28(37)19-13-20(29(38)41-23-9-3-17(4-10-23)26(33)34)15-21(14-19)30(39)42-24-11-5-18(6-12-24)27(35)36;;;/h1-15H,(H3,31,32)(H3,33,34)(H3,35,36);3*1H. The molecule has 0 aromatic heterocycles. The topological polar surface area (TPSA) is 229 Å². The lowest BCUT2D eigenvalue weighted by Crippen LogP contribution is -2.17. The predicted molar refractivity (Wildman–Crippen MR) is 175 cm³/mol. The van der Waals surface area contributed by atoms with Gasteiger partial charge in [-0.25, -0.2) is 14.4 Å². The minimum absolute atomic E-state index is 0. The van der Waals surface area contributed by atoms with E-state index >= 15 is 0 Å². The van der Waals surface area contributed by atoms with Crippen LogP contribution in [0.4, 0.5) is 0 Å². The van der Waals surface area contributed by atoms with Crippen LogP contribution in [0.15, 0.2) is 91.0 Å². The Morgan fingerprint density at radius 3 is 0.778 bits per heavy atom. The maximum atomic E-state index is 13.0. The number of nitrogen functional groups attached to an aromatic ring is 3. The van der Waals surface area contributed by atoms with E-state index < -0.39 is 17.9 Å². The number of carbonyl (C=O) groups is 3. The first-order chi connectivity index (χ1) is 20.0. The molecule has 4 rings (SSSR count). The summed E-state index contributed by atoms with van der Waals surface area (Å²) in [6.45, 7) is 0. The lowest BCUT2D eigenvalue weighted by molar-refractivity contribution is 0.0734. The summed E-state index contributed by atoms with van der Waals surface area (Å²) in [4.78, 5) is 39.1. The van der Waals surface area contributed by atoms with Gasteiger partial charge in [-0.15, -0.1) is 37.2 Å². The van der Waals surface area contributed by atoms with Gasteiger partial charge in [0.2, 0.25) is 0 Å². The van der Waals surface area contributed by atoms with E-state index in [1.165, 1.54) is 91.0 Å². The molecule has 0 amide bonds. The van der Waals surface area contributed by atoms with Crippen LogP contribution in [0, 0.1) is 16.2 Å². The molecule has 0 aliphatic rings. The van der Waals surface area contributed by atoms with E-state index in [9.17, 15) is 14.4 Å². The molecule has 0 spiro atoms. The summed E-state index contributed by atoms with van der Waals surface area (Å²) in [5.74, 6) is -2.71. The number of halogens is 3. The minimum Gasteiger partial charge on any atom is -0.423 e. The van der Waals surface area contributed by atoms with Gasteiger partial charge in [-0.3, -0.25) is 16.2 Å². The molecule has 0 saturated carbocycles. The highest BCUT2D eigenvalue weighted by Gasteiger charge is 2.20. The van der Waals surface area contributed by atoms with E-state index in [1.807, 2.05) is 0 Å². The fraction of sp³-hybridized carbons (Fsp3) is 0. The van der Waals surface area contributed by atoms with E-state index in [-0.39, 0.29) is 88.7 Å². The van der Waals surface area contributed by atoms with Crippen molar-refractivity contribution in [3.63, 3.8) is 0 Å². The van der Waals surface area contributed by atoms with Gasteiger partial charge in [0, 0.05) is 16.7 Å². The summed E-state index contributed by atoms with van der Waals surface area (Å²) >= 11 is 0. The minimum atomic E-state index is -0.883. The Morgan fingerprint density at radius 2 is 0.600 bits per heavy atom. The number of nitrogens with two attached hydrogens (primary N) is 3. The molecule has 234 valence electrons. The first-order valence-electron chi connectivity index (χ1n) is 12.1. The fourth-order valence-corrected chi connectivity index (χ4v) is 3.59. The smallest absolute Gasteiger partial charge is 0.343 e. The number of hydrogen-bond donors (Lipinski definition) is 6. The van der Waals surface area contributed by atoms with Gasteiger partial charge in [0.05, 0.1) is 16.7 Å². The maximum absolute atomic E-state index is 13.0. The van der Waals surface area contributed by atoms with Crippen molar-refractivity contribution >= 4 is 72.6 Å². The Morgan fingerprint density at radius 1 is 0.400 bits per heavy atom. The Labute approximate surface area is 275 Å². The van der Waals surface area contributed by atoms with Crippen molar-refractivity contribution in [1.82, 2.24) is 0 Å². The van der Waals surface area contributed by atoms with E-state index in [4.69, 9.17) is 47.6 Å². The molecule has 45 heavy (non-hydrogen) atoms. The Balaban J connectivity index is 0.00000337. The summed E-state index contributed by atoms with van der Waals surface area (Å²) in [5.41, 5.74) is 17.2. The monoisotopic (exact) mass is 672 g/mol. The average molecular weight is 674 g/mol. The molecule has 0 aliphatic carbocycles. The molecular formula is C30H27Cl3N6O6. The number of benzene rings is 4. The van der Waals surface area contributed by atoms with Gasteiger partial charge < -0.3 is 31.4 Å². The van der Waals surface area contributed by atoms with E-state index in [0.717, 1.165) is 0 Å². The molecule has 0 heterocycles. The summed E-state index contributed by atoms with van der Waals surface area (Å²) in [7, 11) is 0. The maximum Gasteiger partial charge on any atom is 0.343 e. The van der Waals surface area contributed by atoms with Gasteiger partial charge in [0.25, 0.3) is 0 Å². The highest BCUT2D eigenvalue weighted by atomic mass is 35.5. The van der Waals surface area contributed by atoms with Gasteiger partial charge in [-0.1, -0.05) is 0 Å². The predicted octanol–water partition coefficient (Wildman–Crippen LogP) is 4.46. The van der Waals surface area contributed by atoms with Gasteiger partial charge in [-0.2, -0.15) is 0 Å². The van der Waals surface area contributed by atoms with E-state index in [2.05, 4.69) is 0 Å².